The number of hydrogen-bond donors (Lipinski definition) is 4. The lowest BCUT2D eigenvalue weighted by atomic mass is 9.83. The van der Waals surface area contributed by atoms with Crippen LogP contribution in [0.2, 0.25) is 0 Å². The van der Waals surface area contributed by atoms with Crippen molar-refractivity contribution in [3.05, 3.63) is 12.7 Å². The number of piperidine rings is 1. The average molecular weight is 660 g/mol. The van der Waals surface area contributed by atoms with Crippen LogP contribution in [0.15, 0.2) is 12.7 Å². The number of rotatable bonds is 16. The summed E-state index contributed by atoms with van der Waals surface area (Å²) < 4.78 is 5.35. The zero-order valence-corrected chi connectivity index (χ0v) is 29.4. The molecule has 0 spiro atoms. The van der Waals surface area contributed by atoms with Crippen molar-refractivity contribution in [2.45, 2.75) is 130 Å². The number of hydrogen-bond acceptors (Lipinski definition) is 7. The maximum atomic E-state index is 14.5. The van der Waals surface area contributed by atoms with Crippen molar-refractivity contribution in [3.63, 3.8) is 0 Å². The fourth-order valence-corrected chi connectivity index (χ4v) is 7.31. The van der Waals surface area contributed by atoms with E-state index in [1.54, 1.807) is 32.6 Å². The molecule has 0 bridgehead atoms. The molecule has 6 atom stereocenters. The molecule has 0 aromatic rings. The number of unbranched alkanes of at least 4 members (excludes halogenated alkanes) is 1. The second-order valence-electron chi connectivity index (χ2n) is 14.7. The molecule has 2 saturated carbocycles. The summed E-state index contributed by atoms with van der Waals surface area (Å²) in [6.07, 6.45) is 7.19. The van der Waals surface area contributed by atoms with Crippen LogP contribution >= 0.6 is 0 Å². The summed E-state index contributed by atoms with van der Waals surface area (Å²) in [6, 6.07) is -4.32. The summed E-state index contributed by atoms with van der Waals surface area (Å²) in [7, 11) is 0. The lowest BCUT2D eigenvalue weighted by molar-refractivity contribution is -0.150. The van der Waals surface area contributed by atoms with E-state index < -0.39 is 53.8 Å². The number of likely N-dealkylation sites (tertiary alicyclic amines) is 1. The molecular formula is C35H57N5O7. The summed E-state index contributed by atoms with van der Waals surface area (Å²) in [5, 5.41) is 11.0. The van der Waals surface area contributed by atoms with Crippen molar-refractivity contribution < 1.29 is 33.5 Å². The van der Waals surface area contributed by atoms with E-state index in [0.29, 0.717) is 19.4 Å². The standard InChI is InChI=1S/C35H57N5O7/c1-9-11-17-24(29(41)31(43)36-18-10-2)37-30(42)28-25-23(35(25,7)8)19-40(28)32(44)27(22-15-13-12-14-16-22)39-34(46)38-26(20(3)4)33(45)47-21(5)6/h10,20-28H,2,9,11-19H2,1,3-8H3,(H,36,43)(H,37,42)(H2,38,39,46)/t23-,24?,25-,26-,27-,28-/m0/s1. The first kappa shape index (κ1) is 38.0. The number of carbonyl (C=O) groups is 6. The summed E-state index contributed by atoms with van der Waals surface area (Å²) in [4.78, 5) is 81.9. The van der Waals surface area contributed by atoms with Crippen molar-refractivity contribution in [1.29, 1.82) is 0 Å². The SMILES string of the molecule is C=CCNC(=O)C(=O)C(CCCC)NC(=O)[C@@H]1[C@@H]2[C@H](CN1C(=O)[C@@H](NC(=O)N[C@H](C(=O)OC(C)C)C(C)C)C1CCCCC1)C2(C)C. The van der Waals surface area contributed by atoms with E-state index in [1.807, 2.05) is 6.92 Å². The Morgan fingerprint density at radius 1 is 0.979 bits per heavy atom. The fraction of sp³-hybridized carbons (Fsp3) is 0.771. The van der Waals surface area contributed by atoms with E-state index >= 15 is 0 Å². The Labute approximate surface area is 279 Å². The number of nitrogens with zero attached hydrogens (tertiary/aromatic N) is 1. The van der Waals surface area contributed by atoms with Crippen LogP contribution in [-0.4, -0.2) is 83.8 Å². The van der Waals surface area contributed by atoms with Crippen LogP contribution in [0.4, 0.5) is 4.79 Å². The van der Waals surface area contributed by atoms with E-state index in [0.717, 1.165) is 38.5 Å². The lowest BCUT2D eigenvalue weighted by Crippen LogP contribution is -2.61. The number of urea groups is 1. The Morgan fingerprint density at radius 3 is 2.21 bits per heavy atom. The Hall–Kier alpha value is -3.44. The monoisotopic (exact) mass is 659 g/mol. The van der Waals surface area contributed by atoms with Crippen molar-refractivity contribution in [3.8, 4) is 0 Å². The van der Waals surface area contributed by atoms with Gasteiger partial charge in [-0.05, 0) is 62.2 Å². The van der Waals surface area contributed by atoms with E-state index in [2.05, 4.69) is 41.7 Å². The van der Waals surface area contributed by atoms with Crippen LogP contribution in [0.25, 0.3) is 0 Å². The third-order valence-electron chi connectivity index (χ3n) is 10.1. The molecule has 1 saturated heterocycles. The summed E-state index contributed by atoms with van der Waals surface area (Å²) in [5.74, 6) is -3.31. The van der Waals surface area contributed by atoms with Gasteiger partial charge in [0.05, 0.1) is 12.1 Å². The van der Waals surface area contributed by atoms with Gasteiger partial charge in [-0.15, -0.1) is 6.58 Å². The molecule has 3 fully saturated rings. The van der Waals surface area contributed by atoms with Crippen LogP contribution in [-0.2, 0) is 28.7 Å². The van der Waals surface area contributed by atoms with Gasteiger partial charge in [0, 0.05) is 13.1 Å². The highest BCUT2D eigenvalue weighted by atomic mass is 16.5. The summed E-state index contributed by atoms with van der Waals surface area (Å²) in [6.45, 7) is 17.2. The summed E-state index contributed by atoms with van der Waals surface area (Å²) in [5.41, 5.74) is -0.185. The first-order chi connectivity index (χ1) is 22.1. The molecule has 1 unspecified atom stereocenters. The molecule has 3 aliphatic rings. The van der Waals surface area contributed by atoms with Crippen LogP contribution in [0.3, 0.4) is 0 Å². The second kappa shape index (κ2) is 16.6. The molecule has 2 aliphatic carbocycles. The number of amides is 5. The van der Waals surface area contributed by atoms with Gasteiger partial charge in [0.25, 0.3) is 5.91 Å². The van der Waals surface area contributed by atoms with Gasteiger partial charge in [0.1, 0.15) is 18.1 Å². The minimum atomic E-state index is -1.03. The third-order valence-corrected chi connectivity index (χ3v) is 10.1. The Bertz CT molecular complexity index is 1180. The minimum Gasteiger partial charge on any atom is -0.461 e. The van der Waals surface area contributed by atoms with Gasteiger partial charge in [-0.2, -0.15) is 0 Å². The molecule has 1 heterocycles. The maximum Gasteiger partial charge on any atom is 0.329 e. The maximum absolute atomic E-state index is 14.5. The van der Waals surface area contributed by atoms with Crippen molar-refractivity contribution in [2.24, 2.45) is 29.1 Å². The number of Topliss-reactive ketones (excluding diaryl/α,β-unsaturated/α-hetero) is 1. The van der Waals surface area contributed by atoms with E-state index in [1.165, 1.54) is 6.08 Å². The van der Waals surface area contributed by atoms with Crippen molar-refractivity contribution >= 4 is 35.5 Å². The molecule has 47 heavy (non-hydrogen) atoms. The van der Waals surface area contributed by atoms with Crippen LogP contribution in [0, 0.1) is 29.1 Å². The van der Waals surface area contributed by atoms with Crippen LogP contribution in [0.5, 0.6) is 0 Å². The van der Waals surface area contributed by atoms with E-state index in [9.17, 15) is 28.8 Å². The molecule has 1 aliphatic heterocycles. The highest BCUT2D eigenvalue weighted by molar-refractivity contribution is 6.38. The fourth-order valence-electron chi connectivity index (χ4n) is 7.31. The van der Waals surface area contributed by atoms with E-state index in [-0.39, 0.29) is 47.6 Å². The predicted octanol–water partition coefficient (Wildman–Crippen LogP) is 3.24. The molecule has 264 valence electrons. The zero-order valence-electron chi connectivity index (χ0n) is 29.4. The van der Waals surface area contributed by atoms with E-state index in [4.69, 9.17) is 4.74 Å². The van der Waals surface area contributed by atoms with Gasteiger partial charge >= 0.3 is 12.0 Å². The number of carbonyl (C=O) groups excluding carboxylic acids is 6. The minimum absolute atomic E-state index is 0.0832. The Balaban J connectivity index is 1.85. The number of fused-ring (bicyclic) bond motifs is 1. The quantitative estimate of drug-likeness (QED) is 0.112. The number of ketones is 1. The number of esters is 1. The molecule has 0 aromatic heterocycles. The first-order valence-electron chi connectivity index (χ1n) is 17.5. The molecule has 0 radical (unpaired) electrons. The normalized spacial score (nSPS) is 23.6. The molecule has 12 nitrogen and oxygen atoms in total. The van der Waals surface area contributed by atoms with Gasteiger partial charge in [-0.25, -0.2) is 9.59 Å². The summed E-state index contributed by atoms with van der Waals surface area (Å²) >= 11 is 0. The zero-order chi connectivity index (χ0) is 35.1. The van der Waals surface area contributed by atoms with Crippen LogP contribution in [0.1, 0.15) is 99.8 Å². The molecule has 4 N–H and O–H groups in total. The molecule has 0 aromatic carbocycles. The average Bonchev–Trinajstić information content (AvgIpc) is 3.33. The Kier molecular flexibility index (Phi) is 13.4. The smallest absolute Gasteiger partial charge is 0.329 e. The predicted molar refractivity (Wildman–Crippen MR) is 178 cm³/mol. The number of ether oxygens (including phenoxy) is 1. The molecular weight excluding hydrogens is 602 g/mol. The van der Waals surface area contributed by atoms with Gasteiger partial charge in [-0.1, -0.05) is 72.8 Å². The third kappa shape index (κ3) is 9.34. The van der Waals surface area contributed by atoms with Crippen molar-refractivity contribution in [2.75, 3.05) is 13.1 Å². The van der Waals surface area contributed by atoms with Crippen LogP contribution < -0.4 is 21.3 Å². The van der Waals surface area contributed by atoms with Crippen molar-refractivity contribution in [1.82, 2.24) is 26.2 Å². The van der Waals surface area contributed by atoms with Gasteiger partial charge in [0.15, 0.2) is 0 Å². The highest BCUT2D eigenvalue weighted by Gasteiger charge is 2.69. The molecule has 3 rings (SSSR count). The lowest BCUT2D eigenvalue weighted by Gasteiger charge is -2.37. The molecule has 5 amide bonds. The first-order valence-corrected chi connectivity index (χ1v) is 17.5. The highest BCUT2D eigenvalue weighted by Crippen LogP contribution is 2.65. The van der Waals surface area contributed by atoms with Gasteiger partial charge in [0.2, 0.25) is 17.6 Å². The largest absolute Gasteiger partial charge is 0.461 e. The van der Waals surface area contributed by atoms with Gasteiger partial charge < -0.3 is 30.9 Å². The van der Waals surface area contributed by atoms with Gasteiger partial charge in [-0.3, -0.25) is 19.2 Å². The number of nitrogens with one attached hydrogen (secondary N) is 4. The second-order valence-corrected chi connectivity index (χ2v) is 14.7. The Morgan fingerprint density at radius 2 is 1.64 bits per heavy atom. The molecule has 12 heteroatoms. The topological polar surface area (TPSA) is 163 Å².